The normalized spacial score (nSPS) is 12.1. The van der Waals surface area contributed by atoms with E-state index in [-0.39, 0.29) is 0 Å². The highest BCUT2D eigenvalue weighted by Crippen LogP contribution is 2.27. The van der Waals surface area contributed by atoms with Gasteiger partial charge in [0.2, 0.25) is 15.9 Å². The number of nitrogens with one attached hydrogen (secondary N) is 1. The number of aryl methyl sites for hydroxylation is 2. The van der Waals surface area contributed by atoms with Gasteiger partial charge in [0.05, 0.1) is 11.9 Å². The van der Waals surface area contributed by atoms with Crippen molar-refractivity contribution in [2.75, 3.05) is 15.9 Å². The summed E-state index contributed by atoms with van der Waals surface area (Å²) in [6, 6.07) is 20.6. The van der Waals surface area contributed by atoms with Crippen molar-refractivity contribution in [1.82, 2.24) is 0 Å². The number of hydrogen-bond acceptors (Lipinski definition) is 4. The second-order valence-corrected chi connectivity index (χ2v) is 9.31. The minimum Gasteiger partial charge on any atom is -0.457 e. The summed E-state index contributed by atoms with van der Waals surface area (Å²) < 4.78 is 31.9. The highest BCUT2D eigenvalue weighted by molar-refractivity contribution is 7.92. The summed E-state index contributed by atoms with van der Waals surface area (Å²) in [4.78, 5) is 12.9. The number of carbonyl (C=O) groups excluding carboxylic acids is 1. The van der Waals surface area contributed by atoms with E-state index in [1.165, 1.54) is 0 Å². The molecule has 31 heavy (non-hydrogen) atoms. The van der Waals surface area contributed by atoms with E-state index in [1.54, 1.807) is 31.2 Å². The fourth-order valence-electron chi connectivity index (χ4n) is 3.29. The number of carbonyl (C=O) groups is 1. The molecule has 0 saturated heterocycles. The monoisotopic (exact) mass is 438 g/mol. The largest absolute Gasteiger partial charge is 0.457 e. The van der Waals surface area contributed by atoms with E-state index in [0.29, 0.717) is 22.9 Å². The molecule has 0 spiro atoms. The van der Waals surface area contributed by atoms with Crippen molar-refractivity contribution >= 4 is 27.3 Å². The molecule has 3 aromatic carbocycles. The molecule has 1 amide bonds. The van der Waals surface area contributed by atoms with Crippen LogP contribution < -0.4 is 14.4 Å². The second-order valence-electron chi connectivity index (χ2n) is 7.45. The van der Waals surface area contributed by atoms with Gasteiger partial charge in [-0.1, -0.05) is 35.9 Å². The Morgan fingerprint density at radius 2 is 1.55 bits per heavy atom. The van der Waals surface area contributed by atoms with Crippen LogP contribution in [0, 0.1) is 13.8 Å². The molecule has 3 aromatic rings. The molecule has 0 fully saturated rings. The number of ether oxygens (including phenoxy) is 1. The van der Waals surface area contributed by atoms with Gasteiger partial charge in [-0.3, -0.25) is 9.10 Å². The molecule has 7 heteroatoms. The van der Waals surface area contributed by atoms with E-state index >= 15 is 0 Å². The lowest BCUT2D eigenvalue weighted by Crippen LogP contribution is -2.45. The number of anilines is 2. The molecule has 0 aliphatic heterocycles. The average Bonchev–Trinajstić information content (AvgIpc) is 2.71. The number of nitrogens with zero attached hydrogens (tertiary/aromatic N) is 1. The van der Waals surface area contributed by atoms with Gasteiger partial charge in [-0.25, -0.2) is 8.42 Å². The van der Waals surface area contributed by atoms with Crippen LogP contribution in [-0.4, -0.2) is 26.6 Å². The van der Waals surface area contributed by atoms with Gasteiger partial charge in [-0.15, -0.1) is 0 Å². The summed E-state index contributed by atoms with van der Waals surface area (Å²) in [6.07, 6.45) is 1.09. The van der Waals surface area contributed by atoms with Gasteiger partial charge in [-0.05, 0) is 68.8 Å². The number of sulfonamides is 1. The number of rotatable bonds is 7. The molecule has 0 aliphatic carbocycles. The quantitative estimate of drug-likeness (QED) is 0.570. The second kappa shape index (κ2) is 9.22. The molecule has 1 atom stereocenters. The van der Waals surface area contributed by atoms with Crippen LogP contribution in [0.15, 0.2) is 72.8 Å². The number of amides is 1. The van der Waals surface area contributed by atoms with Crippen LogP contribution in [0.3, 0.4) is 0 Å². The van der Waals surface area contributed by atoms with Crippen molar-refractivity contribution in [2.45, 2.75) is 26.8 Å². The molecular formula is C24H26N2O4S. The molecule has 0 bridgehead atoms. The zero-order valence-electron chi connectivity index (χ0n) is 18.0. The van der Waals surface area contributed by atoms with Crippen molar-refractivity contribution in [2.24, 2.45) is 0 Å². The Morgan fingerprint density at radius 1 is 0.935 bits per heavy atom. The number of benzene rings is 3. The minimum atomic E-state index is -3.71. The molecule has 162 valence electrons. The SMILES string of the molecule is Cc1ccc(NC(=O)C(C)N(c2ccc(Oc3ccccc3)cc2)S(C)(=O)=O)c(C)c1. The van der Waals surface area contributed by atoms with Crippen LogP contribution in [0.4, 0.5) is 11.4 Å². The molecule has 1 N–H and O–H groups in total. The average molecular weight is 439 g/mol. The highest BCUT2D eigenvalue weighted by atomic mass is 32.2. The predicted octanol–water partition coefficient (Wildman–Crippen LogP) is 4.89. The number of hydrogen-bond donors (Lipinski definition) is 1. The summed E-state index contributed by atoms with van der Waals surface area (Å²) in [5.41, 5.74) is 3.03. The Labute approximate surface area is 183 Å². The van der Waals surface area contributed by atoms with Crippen molar-refractivity contribution in [3.05, 3.63) is 83.9 Å². The van der Waals surface area contributed by atoms with Gasteiger partial charge in [0, 0.05) is 5.69 Å². The number of para-hydroxylation sites is 1. The van der Waals surface area contributed by atoms with E-state index in [4.69, 9.17) is 4.74 Å². The minimum absolute atomic E-state index is 0.381. The Kier molecular flexibility index (Phi) is 6.65. The summed E-state index contributed by atoms with van der Waals surface area (Å²) in [5.74, 6) is 0.828. The lowest BCUT2D eigenvalue weighted by atomic mass is 10.1. The fourth-order valence-corrected chi connectivity index (χ4v) is 4.46. The fraction of sp³-hybridized carbons (Fsp3) is 0.208. The van der Waals surface area contributed by atoms with E-state index in [9.17, 15) is 13.2 Å². The Morgan fingerprint density at radius 3 is 2.13 bits per heavy atom. The standard InChI is InChI=1S/C24H26N2O4S/c1-17-10-15-23(18(2)16-17)25-24(27)19(3)26(31(4,28)29)20-11-13-22(14-12-20)30-21-8-6-5-7-9-21/h5-16,19H,1-4H3,(H,25,27). The van der Waals surface area contributed by atoms with E-state index < -0.39 is 22.0 Å². The van der Waals surface area contributed by atoms with Crippen molar-refractivity contribution in [3.63, 3.8) is 0 Å². The van der Waals surface area contributed by atoms with Crippen molar-refractivity contribution in [3.8, 4) is 11.5 Å². The van der Waals surface area contributed by atoms with E-state index in [2.05, 4.69) is 5.32 Å². The third-order valence-electron chi connectivity index (χ3n) is 4.80. The molecule has 1 unspecified atom stereocenters. The van der Waals surface area contributed by atoms with Gasteiger partial charge in [0.1, 0.15) is 17.5 Å². The van der Waals surface area contributed by atoms with Gasteiger partial charge in [-0.2, -0.15) is 0 Å². The van der Waals surface area contributed by atoms with Crippen LogP contribution in [0.5, 0.6) is 11.5 Å². The molecular weight excluding hydrogens is 412 g/mol. The maximum absolute atomic E-state index is 12.9. The third kappa shape index (κ3) is 5.64. The molecule has 6 nitrogen and oxygen atoms in total. The molecule has 0 heterocycles. The zero-order valence-corrected chi connectivity index (χ0v) is 18.8. The summed E-state index contributed by atoms with van der Waals surface area (Å²) in [5, 5.41) is 2.83. The molecule has 0 saturated carbocycles. The van der Waals surface area contributed by atoms with Crippen LogP contribution in [-0.2, 0) is 14.8 Å². The maximum Gasteiger partial charge on any atom is 0.248 e. The first-order chi connectivity index (χ1) is 14.6. The van der Waals surface area contributed by atoms with E-state index in [0.717, 1.165) is 21.7 Å². The Hall–Kier alpha value is -3.32. The van der Waals surface area contributed by atoms with Crippen LogP contribution in [0.2, 0.25) is 0 Å². The molecule has 3 rings (SSSR count). The first-order valence-corrected chi connectivity index (χ1v) is 11.7. The topological polar surface area (TPSA) is 75.7 Å². The lowest BCUT2D eigenvalue weighted by molar-refractivity contribution is -0.116. The third-order valence-corrected chi connectivity index (χ3v) is 6.04. The Balaban J connectivity index is 1.81. The maximum atomic E-state index is 12.9. The van der Waals surface area contributed by atoms with E-state index in [1.807, 2.05) is 62.4 Å². The van der Waals surface area contributed by atoms with Gasteiger partial charge in [0.25, 0.3) is 0 Å². The van der Waals surface area contributed by atoms with Crippen molar-refractivity contribution < 1.29 is 17.9 Å². The van der Waals surface area contributed by atoms with Crippen LogP contribution in [0.1, 0.15) is 18.1 Å². The van der Waals surface area contributed by atoms with Gasteiger partial charge in [0.15, 0.2) is 0 Å². The smallest absolute Gasteiger partial charge is 0.248 e. The van der Waals surface area contributed by atoms with Gasteiger partial charge >= 0.3 is 0 Å². The summed E-state index contributed by atoms with van der Waals surface area (Å²) in [7, 11) is -3.71. The Bertz CT molecular complexity index is 1160. The summed E-state index contributed by atoms with van der Waals surface area (Å²) >= 11 is 0. The molecule has 0 radical (unpaired) electrons. The van der Waals surface area contributed by atoms with Crippen LogP contribution >= 0.6 is 0 Å². The summed E-state index contributed by atoms with van der Waals surface area (Å²) in [6.45, 7) is 5.43. The zero-order chi connectivity index (χ0) is 22.6. The highest BCUT2D eigenvalue weighted by Gasteiger charge is 2.29. The predicted molar refractivity (Wildman–Crippen MR) is 124 cm³/mol. The first kappa shape index (κ1) is 22.4. The first-order valence-electron chi connectivity index (χ1n) is 9.85. The van der Waals surface area contributed by atoms with Crippen molar-refractivity contribution in [1.29, 1.82) is 0 Å². The van der Waals surface area contributed by atoms with Crippen LogP contribution in [0.25, 0.3) is 0 Å². The molecule has 0 aromatic heterocycles. The molecule has 0 aliphatic rings. The van der Waals surface area contributed by atoms with Gasteiger partial charge < -0.3 is 10.1 Å². The lowest BCUT2D eigenvalue weighted by Gasteiger charge is -2.28.